The normalized spacial score (nSPS) is 19.2. The minimum atomic E-state index is -1.43. The minimum Gasteiger partial charge on any atom is -0.491 e. The lowest BCUT2D eigenvalue weighted by molar-refractivity contribution is 0.0545. The first-order valence-electron chi connectivity index (χ1n) is 10.9. The van der Waals surface area contributed by atoms with Crippen molar-refractivity contribution in [1.29, 1.82) is 0 Å². The zero-order chi connectivity index (χ0) is 23.4. The van der Waals surface area contributed by atoms with E-state index in [0.717, 1.165) is 5.75 Å². The third kappa shape index (κ3) is 4.59. The Hall–Kier alpha value is -3.70. The maximum absolute atomic E-state index is 13.2. The number of aliphatic hydroxyl groups is 1. The first kappa shape index (κ1) is 22.5. The molecule has 3 aromatic carbocycles. The van der Waals surface area contributed by atoms with Gasteiger partial charge >= 0.3 is 5.97 Å². The molecule has 0 heterocycles. The zero-order valence-electron chi connectivity index (χ0n) is 18.7. The number of methoxy groups -OCH3 is 1. The number of ether oxygens (including phenoxy) is 2. The summed E-state index contributed by atoms with van der Waals surface area (Å²) in [7, 11) is 1.33. The monoisotopic (exact) mass is 442 g/mol. The molecule has 1 aliphatic rings. The van der Waals surface area contributed by atoms with Crippen LogP contribution in [0.2, 0.25) is 0 Å². The van der Waals surface area contributed by atoms with Crippen molar-refractivity contribution in [3.05, 3.63) is 107 Å². The highest BCUT2D eigenvalue weighted by atomic mass is 16.5. The van der Waals surface area contributed by atoms with Crippen LogP contribution in [0.3, 0.4) is 0 Å². The third-order valence-electron chi connectivity index (χ3n) is 5.94. The second-order valence-corrected chi connectivity index (χ2v) is 8.19. The molecular formula is C28H26O5. The van der Waals surface area contributed by atoms with Crippen LogP contribution in [0.25, 0.3) is 6.08 Å². The lowest BCUT2D eigenvalue weighted by atomic mass is 9.85. The largest absolute Gasteiger partial charge is 0.491 e. The number of benzene rings is 3. The van der Waals surface area contributed by atoms with Gasteiger partial charge in [0.05, 0.1) is 18.8 Å². The predicted molar refractivity (Wildman–Crippen MR) is 126 cm³/mol. The fourth-order valence-electron chi connectivity index (χ4n) is 4.18. The molecule has 0 aromatic heterocycles. The number of carbonyl (C=O) groups excluding carboxylic acids is 2. The predicted octanol–water partition coefficient (Wildman–Crippen LogP) is 5.19. The molecule has 0 saturated heterocycles. The van der Waals surface area contributed by atoms with Crippen LogP contribution >= 0.6 is 0 Å². The topological polar surface area (TPSA) is 72.8 Å². The van der Waals surface area contributed by atoms with E-state index >= 15 is 0 Å². The van der Waals surface area contributed by atoms with Crippen molar-refractivity contribution in [2.24, 2.45) is 0 Å². The number of fused-ring (bicyclic) bond motifs is 1. The molecule has 1 N–H and O–H groups in total. The quantitative estimate of drug-likeness (QED) is 0.403. The van der Waals surface area contributed by atoms with Crippen LogP contribution in [0, 0.1) is 0 Å². The molecule has 33 heavy (non-hydrogen) atoms. The van der Waals surface area contributed by atoms with Crippen LogP contribution in [-0.2, 0) is 10.3 Å². The van der Waals surface area contributed by atoms with Gasteiger partial charge in [0, 0.05) is 11.1 Å². The molecule has 168 valence electrons. The van der Waals surface area contributed by atoms with Crippen LogP contribution < -0.4 is 4.74 Å². The average molecular weight is 443 g/mol. The van der Waals surface area contributed by atoms with E-state index in [1.54, 1.807) is 48.5 Å². The number of carbonyl (C=O) groups is 2. The highest BCUT2D eigenvalue weighted by Crippen LogP contribution is 2.45. The van der Waals surface area contributed by atoms with Gasteiger partial charge in [-0.3, -0.25) is 4.79 Å². The Kier molecular flexibility index (Phi) is 6.43. The van der Waals surface area contributed by atoms with E-state index < -0.39 is 11.6 Å². The maximum atomic E-state index is 13.2. The number of para-hydroxylation sites is 1. The van der Waals surface area contributed by atoms with Gasteiger partial charge in [-0.2, -0.15) is 0 Å². The molecule has 0 fully saturated rings. The first-order valence-corrected chi connectivity index (χ1v) is 10.9. The molecule has 4 rings (SSSR count). The van der Waals surface area contributed by atoms with Gasteiger partial charge < -0.3 is 14.6 Å². The fourth-order valence-corrected chi connectivity index (χ4v) is 4.18. The molecular weight excluding hydrogens is 416 g/mol. The number of ketones is 1. The molecule has 0 aliphatic heterocycles. The SMILES string of the molecule is COC(=O)c1ccc(/C=C2\C(=O)c3ccccc3C2(O)CCC(C)Oc2ccccc2)cc1. The summed E-state index contributed by atoms with van der Waals surface area (Å²) in [5.41, 5.74) is 1.15. The second kappa shape index (κ2) is 9.43. The third-order valence-corrected chi connectivity index (χ3v) is 5.94. The van der Waals surface area contributed by atoms with E-state index in [1.165, 1.54) is 7.11 Å². The summed E-state index contributed by atoms with van der Waals surface area (Å²) in [5, 5.41) is 11.8. The van der Waals surface area contributed by atoms with Gasteiger partial charge in [0.2, 0.25) is 0 Å². The van der Waals surface area contributed by atoms with Gasteiger partial charge in [0.1, 0.15) is 11.4 Å². The van der Waals surface area contributed by atoms with Crippen LogP contribution in [-0.4, -0.2) is 30.1 Å². The summed E-state index contributed by atoms with van der Waals surface area (Å²) in [5.74, 6) is 0.144. The van der Waals surface area contributed by atoms with Crippen molar-refractivity contribution in [3.63, 3.8) is 0 Å². The number of Topliss-reactive ketones (excluding diaryl/α,β-unsaturated/α-hetero) is 1. The summed E-state index contributed by atoms with van der Waals surface area (Å²) in [6.45, 7) is 1.95. The standard InChI is InChI=1S/C28H26O5/c1-19(33-22-8-4-3-5-9-22)16-17-28(31)24-11-7-6-10-23(24)26(29)25(28)18-20-12-14-21(15-13-20)27(30)32-2/h3-15,18-19,31H,16-17H2,1-2H3/b25-18+. The Balaban J connectivity index is 1.62. The van der Waals surface area contributed by atoms with Crippen LogP contribution in [0.5, 0.6) is 5.75 Å². The Labute approximate surface area is 193 Å². The average Bonchev–Trinajstić information content (AvgIpc) is 3.06. The molecule has 2 atom stereocenters. The molecule has 1 aliphatic carbocycles. The Bertz CT molecular complexity index is 1180. The van der Waals surface area contributed by atoms with E-state index in [1.807, 2.05) is 43.3 Å². The smallest absolute Gasteiger partial charge is 0.337 e. The maximum Gasteiger partial charge on any atom is 0.337 e. The van der Waals surface area contributed by atoms with Crippen molar-refractivity contribution >= 4 is 17.8 Å². The molecule has 0 spiro atoms. The molecule has 0 radical (unpaired) electrons. The van der Waals surface area contributed by atoms with Crippen LogP contribution in [0.1, 0.15) is 51.6 Å². The van der Waals surface area contributed by atoms with Gasteiger partial charge in [-0.25, -0.2) is 4.79 Å². The Morgan fingerprint density at radius 2 is 1.67 bits per heavy atom. The highest BCUT2D eigenvalue weighted by Gasteiger charge is 2.46. The van der Waals surface area contributed by atoms with Gasteiger partial charge in [-0.1, -0.05) is 54.6 Å². The second-order valence-electron chi connectivity index (χ2n) is 8.19. The van der Waals surface area contributed by atoms with Crippen molar-refractivity contribution < 1.29 is 24.2 Å². The summed E-state index contributed by atoms with van der Waals surface area (Å²) < 4.78 is 10.7. The van der Waals surface area contributed by atoms with Gasteiger partial charge in [0.25, 0.3) is 0 Å². The van der Waals surface area contributed by atoms with E-state index in [4.69, 9.17) is 9.47 Å². The fraction of sp³-hybridized carbons (Fsp3) is 0.214. The van der Waals surface area contributed by atoms with Crippen molar-refractivity contribution in [1.82, 2.24) is 0 Å². The highest BCUT2D eigenvalue weighted by molar-refractivity contribution is 6.17. The lowest BCUT2D eigenvalue weighted by Gasteiger charge is -2.27. The molecule has 0 bridgehead atoms. The molecule has 2 unspecified atom stereocenters. The van der Waals surface area contributed by atoms with Crippen molar-refractivity contribution in [2.75, 3.05) is 7.11 Å². The summed E-state index contributed by atoms with van der Waals surface area (Å²) >= 11 is 0. The van der Waals surface area contributed by atoms with Crippen molar-refractivity contribution in [2.45, 2.75) is 31.5 Å². The molecule has 0 saturated carbocycles. The molecule has 5 heteroatoms. The summed E-state index contributed by atoms with van der Waals surface area (Å²) in [4.78, 5) is 24.9. The molecule has 5 nitrogen and oxygen atoms in total. The Morgan fingerprint density at radius 3 is 2.36 bits per heavy atom. The number of rotatable bonds is 7. The first-order chi connectivity index (χ1) is 15.9. The van der Waals surface area contributed by atoms with Crippen molar-refractivity contribution in [3.8, 4) is 5.75 Å². The van der Waals surface area contributed by atoms with Gasteiger partial charge in [-0.15, -0.1) is 0 Å². The van der Waals surface area contributed by atoms with E-state index in [2.05, 4.69) is 0 Å². The molecule has 3 aromatic rings. The number of esters is 1. The number of hydrogen-bond acceptors (Lipinski definition) is 5. The summed E-state index contributed by atoms with van der Waals surface area (Å²) in [6, 6.07) is 23.4. The van der Waals surface area contributed by atoms with E-state index in [0.29, 0.717) is 40.7 Å². The van der Waals surface area contributed by atoms with Crippen LogP contribution in [0.4, 0.5) is 0 Å². The number of hydrogen-bond donors (Lipinski definition) is 1. The minimum absolute atomic E-state index is 0.153. The van der Waals surface area contributed by atoms with Crippen LogP contribution in [0.15, 0.2) is 84.4 Å². The van der Waals surface area contributed by atoms with Gasteiger partial charge in [0.15, 0.2) is 5.78 Å². The van der Waals surface area contributed by atoms with E-state index in [-0.39, 0.29) is 11.9 Å². The lowest BCUT2D eigenvalue weighted by Crippen LogP contribution is -2.28. The van der Waals surface area contributed by atoms with E-state index in [9.17, 15) is 14.7 Å². The Morgan fingerprint density at radius 1 is 1.00 bits per heavy atom. The zero-order valence-corrected chi connectivity index (χ0v) is 18.7. The van der Waals surface area contributed by atoms with Gasteiger partial charge in [-0.05, 0) is 61.2 Å². The molecule has 0 amide bonds. The summed E-state index contributed by atoms with van der Waals surface area (Å²) in [6.07, 6.45) is 2.42.